The molecule has 1 N–H and O–H groups in total. The Morgan fingerprint density at radius 2 is 1.95 bits per heavy atom. The summed E-state index contributed by atoms with van der Waals surface area (Å²) < 4.78 is 13.1. The second-order valence-electron chi connectivity index (χ2n) is 4.17. The van der Waals surface area contributed by atoms with Crippen LogP contribution in [0.3, 0.4) is 0 Å². The Morgan fingerprint density at radius 3 is 2.47 bits per heavy atom. The molecular formula is C12H11Cl2FN2O2. The molecule has 0 aliphatic carbocycles. The summed E-state index contributed by atoms with van der Waals surface area (Å²) in [4.78, 5) is 25.0. The van der Waals surface area contributed by atoms with Crippen molar-refractivity contribution in [2.75, 3.05) is 11.4 Å². The molecule has 0 saturated carbocycles. The highest BCUT2D eigenvalue weighted by Crippen LogP contribution is 2.35. The molecule has 2 amide bonds. The number of nitrogens with one attached hydrogen (secondary N) is 1. The van der Waals surface area contributed by atoms with Gasteiger partial charge in [-0.2, -0.15) is 0 Å². The SMILES string of the molecule is CCC1NC(=O)CN(c2c(Cl)cc(F)cc2Cl)C1=O. The molecule has 1 aliphatic rings. The van der Waals surface area contributed by atoms with Gasteiger partial charge in [0.1, 0.15) is 18.4 Å². The number of hydrogen-bond acceptors (Lipinski definition) is 2. The number of piperazine rings is 1. The van der Waals surface area contributed by atoms with E-state index in [9.17, 15) is 14.0 Å². The molecule has 2 rings (SSSR count). The quantitative estimate of drug-likeness (QED) is 0.912. The summed E-state index contributed by atoms with van der Waals surface area (Å²) in [5.74, 6) is -1.21. The average Bonchev–Trinajstić information content (AvgIpc) is 2.31. The summed E-state index contributed by atoms with van der Waals surface area (Å²) in [6, 6.07) is 1.51. The van der Waals surface area contributed by atoms with Gasteiger partial charge in [-0.05, 0) is 18.6 Å². The molecule has 1 aromatic carbocycles. The molecule has 0 aromatic heterocycles. The van der Waals surface area contributed by atoms with Crippen LogP contribution in [0.15, 0.2) is 12.1 Å². The molecule has 1 saturated heterocycles. The normalized spacial score (nSPS) is 19.6. The van der Waals surface area contributed by atoms with Gasteiger partial charge in [-0.25, -0.2) is 4.39 Å². The van der Waals surface area contributed by atoms with E-state index in [-0.39, 0.29) is 34.1 Å². The fourth-order valence-electron chi connectivity index (χ4n) is 1.97. The van der Waals surface area contributed by atoms with Crippen LogP contribution in [0.4, 0.5) is 10.1 Å². The minimum Gasteiger partial charge on any atom is -0.343 e. The largest absolute Gasteiger partial charge is 0.343 e. The van der Waals surface area contributed by atoms with Gasteiger partial charge in [0.25, 0.3) is 0 Å². The fourth-order valence-corrected chi connectivity index (χ4v) is 2.63. The lowest BCUT2D eigenvalue weighted by atomic mass is 10.1. The molecule has 1 aliphatic heterocycles. The van der Waals surface area contributed by atoms with Gasteiger partial charge in [-0.1, -0.05) is 30.1 Å². The summed E-state index contributed by atoms with van der Waals surface area (Å²) in [6.45, 7) is 1.60. The first kappa shape index (κ1) is 14.1. The van der Waals surface area contributed by atoms with Crippen molar-refractivity contribution in [2.24, 2.45) is 0 Å². The first-order valence-electron chi connectivity index (χ1n) is 5.69. The fraction of sp³-hybridized carbons (Fsp3) is 0.333. The molecule has 4 nitrogen and oxygen atoms in total. The molecule has 0 radical (unpaired) electrons. The molecule has 1 heterocycles. The maximum Gasteiger partial charge on any atom is 0.250 e. The average molecular weight is 305 g/mol. The van der Waals surface area contributed by atoms with Crippen LogP contribution in [0.2, 0.25) is 10.0 Å². The lowest BCUT2D eigenvalue weighted by molar-refractivity contribution is -0.131. The van der Waals surface area contributed by atoms with Crippen molar-refractivity contribution in [3.05, 3.63) is 28.0 Å². The van der Waals surface area contributed by atoms with E-state index in [1.54, 1.807) is 6.92 Å². The summed E-state index contributed by atoms with van der Waals surface area (Å²) in [6.07, 6.45) is 0.456. The van der Waals surface area contributed by atoms with Gasteiger partial charge in [0.2, 0.25) is 11.8 Å². The minimum atomic E-state index is -0.613. The van der Waals surface area contributed by atoms with Gasteiger partial charge in [-0.15, -0.1) is 0 Å². The number of halogens is 3. The van der Waals surface area contributed by atoms with Crippen molar-refractivity contribution in [2.45, 2.75) is 19.4 Å². The molecule has 1 fully saturated rings. The van der Waals surface area contributed by atoms with E-state index in [1.165, 1.54) is 4.90 Å². The Balaban J connectivity index is 2.45. The number of carbonyl (C=O) groups is 2. The van der Waals surface area contributed by atoms with E-state index in [1.807, 2.05) is 0 Å². The van der Waals surface area contributed by atoms with Crippen LogP contribution in [-0.4, -0.2) is 24.4 Å². The third-order valence-corrected chi connectivity index (χ3v) is 3.44. The van der Waals surface area contributed by atoms with Gasteiger partial charge in [0, 0.05) is 0 Å². The third-order valence-electron chi connectivity index (χ3n) is 2.86. The second kappa shape index (κ2) is 5.35. The number of carbonyl (C=O) groups excluding carboxylic acids is 2. The lowest BCUT2D eigenvalue weighted by Crippen LogP contribution is -2.58. The standard InChI is InChI=1S/C12H11Cl2FN2O2/c1-2-9-12(19)17(5-10(18)16-9)11-7(13)3-6(15)4-8(11)14/h3-4,9H,2,5H2,1H3,(H,16,18). The van der Waals surface area contributed by atoms with Crippen LogP contribution in [0, 0.1) is 5.82 Å². The molecule has 0 bridgehead atoms. The van der Waals surface area contributed by atoms with E-state index in [4.69, 9.17) is 23.2 Å². The van der Waals surface area contributed by atoms with Crippen LogP contribution < -0.4 is 10.2 Å². The predicted octanol–water partition coefficient (Wildman–Crippen LogP) is 2.37. The molecule has 19 heavy (non-hydrogen) atoms. The number of anilines is 1. The summed E-state index contributed by atoms with van der Waals surface area (Å²) in [5, 5.41) is 2.58. The number of benzene rings is 1. The molecular weight excluding hydrogens is 294 g/mol. The molecule has 0 spiro atoms. The zero-order valence-corrected chi connectivity index (χ0v) is 11.6. The highest BCUT2D eigenvalue weighted by molar-refractivity contribution is 6.40. The number of amides is 2. The summed E-state index contributed by atoms with van der Waals surface area (Å²) >= 11 is 11.8. The number of hydrogen-bond donors (Lipinski definition) is 1. The van der Waals surface area contributed by atoms with Crippen LogP contribution in [0.1, 0.15) is 13.3 Å². The van der Waals surface area contributed by atoms with Gasteiger partial charge in [0.05, 0.1) is 15.7 Å². The Hall–Kier alpha value is -1.33. The zero-order valence-electron chi connectivity index (χ0n) is 10.0. The Labute approximate surface area is 119 Å². The van der Waals surface area contributed by atoms with Crippen LogP contribution in [0.5, 0.6) is 0 Å². The monoisotopic (exact) mass is 304 g/mol. The van der Waals surface area contributed by atoms with Crippen LogP contribution in [0.25, 0.3) is 0 Å². The smallest absolute Gasteiger partial charge is 0.250 e. The third kappa shape index (κ3) is 2.67. The van der Waals surface area contributed by atoms with E-state index < -0.39 is 11.9 Å². The van der Waals surface area contributed by atoms with E-state index in [2.05, 4.69) is 5.32 Å². The van der Waals surface area contributed by atoms with Gasteiger partial charge in [0.15, 0.2) is 0 Å². The lowest BCUT2D eigenvalue weighted by Gasteiger charge is -2.33. The van der Waals surface area contributed by atoms with Crippen LogP contribution >= 0.6 is 23.2 Å². The number of rotatable bonds is 2. The van der Waals surface area contributed by atoms with Gasteiger partial charge in [-0.3, -0.25) is 14.5 Å². The van der Waals surface area contributed by atoms with Crippen LogP contribution in [-0.2, 0) is 9.59 Å². The Bertz CT molecular complexity index is 528. The van der Waals surface area contributed by atoms with Crippen molar-refractivity contribution in [3.63, 3.8) is 0 Å². The number of nitrogens with zero attached hydrogens (tertiary/aromatic N) is 1. The first-order chi connectivity index (χ1) is 8.93. The molecule has 1 unspecified atom stereocenters. The second-order valence-corrected chi connectivity index (χ2v) is 4.99. The van der Waals surface area contributed by atoms with Crippen molar-refractivity contribution in [1.29, 1.82) is 0 Å². The highest BCUT2D eigenvalue weighted by atomic mass is 35.5. The Morgan fingerprint density at radius 1 is 1.37 bits per heavy atom. The zero-order chi connectivity index (χ0) is 14.2. The van der Waals surface area contributed by atoms with E-state index in [0.29, 0.717) is 6.42 Å². The highest BCUT2D eigenvalue weighted by Gasteiger charge is 2.34. The Kier molecular flexibility index (Phi) is 3.96. The first-order valence-corrected chi connectivity index (χ1v) is 6.45. The molecule has 1 aromatic rings. The minimum absolute atomic E-state index is 0.00269. The molecule has 1 atom stereocenters. The predicted molar refractivity (Wildman–Crippen MR) is 71.0 cm³/mol. The maximum absolute atomic E-state index is 13.1. The molecule has 102 valence electrons. The topological polar surface area (TPSA) is 49.4 Å². The van der Waals surface area contributed by atoms with Gasteiger partial charge < -0.3 is 5.32 Å². The maximum atomic E-state index is 13.1. The van der Waals surface area contributed by atoms with Crippen molar-refractivity contribution < 1.29 is 14.0 Å². The molecule has 7 heteroatoms. The summed E-state index contributed by atoms with van der Waals surface area (Å²) in [7, 11) is 0. The summed E-state index contributed by atoms with van der Waals surface area (Å²) in [5.41, 5.74) is 0.169. The van der Waals surface area contributed by atoms with Gasteiger partial charge >= 0.3 is 0 Å². The van der Waals surface area contributed by atoms with Crippen molar-refractivity contribution >= 4 is 40.7 Å². The van der Waals surface area contributed by atoms with E-state index >= 15 is 0 Å². The van der Waals surface area contributed by atoms with Crippen molar-refractivity contribution in [1.82, 2.24) is 5.32 Å². The van der Waals surface area contributed by atoms with E-state index in [0.717, 1.165) is 12.1 Å². The van der Waals surface area contributed by atoms with Crippen molar-refractivity contribution in [3.8, 4) is 0 Å².